The molecule has 21 heavy (non-hydrogen) atoms. The van der Waals surface area contributed by atoms with E-state index < -0.39 is 0 Å². The number of halogens is 2. The van der Waals surface area contributed by atoms with Gasteiger partial charge in [0, 0.05) is 5.56 Å². The lowest BCUT2D eigenvalue weighted by Crippen LogP contribution is -2.08. The van der Waals surface area contributed by atoms with Crippen molar-refractivity contribution in [3.63, 3.8) is 0 Å². The van der Waals surface area contributed by atoms with Crippen LogP contribution in [0.5, 0.6) is 0 Å². The highest BCUT2D eigenvalue weighted by molar-refractivity contribution is 8.18. The summed E-state index contributed by atoms with van der Waals surface area (Å²) in [5.41, 5.74) is 6.34. The first-order valence-corrected chi connectivity index (χ1v) is 7.44. The Labute approximate surface area is 134 Å². The van der Waals surface area contributed by atoms with Crippen LogP contribution in [0, 0.1) is 0 Å². The highest BCUT2D eigenvalue weighted by Gasteiger charge is 2.19. The number of nitrogens with zero attached hydrogens (tertiary/aromatic N) is 1. The largest absolute Gasteiger partial charge is 0.457 e. The van der Waals surface area contributed by atoms with Crippen molar-refractivity contribution in [1.29, 1.82) is 0 Å². The van der Waals surface area contributed by atoms with Gasteiger partial charge in [0.15, 0.2) is 0 Å². The number of hydrogen-bond donors (Lipinski definition) is 1. The first-order valence-electron chi connectivity index (χ1n) is 5.87. The van der Waals surface area contributed by atoms with Crippen molar-refractivity contribution in [3.05, 3.63) is 51.0 Å². The van der Waals surface area contributed by atoms with Gasteiger partial charge in [-0.05, 0) is 42.1 Å². The van der Waals surface area contributed by atoms with Crippen LogP contribution in [0.15, 0.2) is 44.6 Å². The lowest BCUT2D eigenvalue weighted by molar-refractivity contribution is 0.268. The van der Waals surface area contributed by atoms with Crippen LogP contribution >= 0.6 is 35.0 Å². The molecule has 0 aliphatic carbocycles. The maximum Gasteiger partial charge on any atom is 0.311 e. The molecule has 0 saturated carbocycles. The molecule has 0 radical (unpaired) electrons. The third-order valence-corrected chi connectivity index (χ3v) is 4.41. The number of carbonyl (C=O) groups is 1. The summed E-state index contributed by atoms with van der Waals surface area (Å²) in [6, 6.07) is 8.85. The minimum absolute atomic E-state index is 0.198. The lowest BCUT2D eigenvalue weighted by atomic mass is 10.2. The van der Waals surface area contributed by atoms with E-state index in [2.05, 4.69) is 4.99 Å². The lowest BCUT2D eigenvalue weighted by Gasteiger charge is -2.02. The third kappa shape index (κ3) is 2.85. The summed E-state index contributed by atoms with van der Waals surface area (Å²) in [7, 11) is 0. The summed E-state index contributed by atoms with van der Waals surface area (Å²) in [4.78, 5) is 15.3. The van der Waals surface area contributed by atoms with E-state index in [4.69, 9.17) is 33.4 Å². The van der Waals surface area contributed by atoms with Crippen LogP contribution in [0.4, 0.5) is 4.79 Å². The van der Waals surface area contributed by atoms with Gasteiger partial charge >= 0.3 is 5.24 Å². The second kappa shape index (κ2) is 5.60. The molecule has 0 bridgehead atoms. The molecule has 3 rings (SSSR count). The van der Waals surface area contributed by atoms with Gasteiger partial charge in [-0.2, -0.15) is 4.99 Å². The predicted octanol–water partition coefficient (Wildman–Crippen LogP) is 4.82. The summed E-state index contributed by atoms with van der Waals surface area (Å²) in [6.45, 7) is 0. The Balaban J connectivity index is 1.94. The van der Waals surface area contributed by atoms with E-state index in [0.717, 1.165) is 11.8 Å². The van der Waals surface area contributed by atoms with Gasteiger partial charge in [0.1, 0.15) is 17.4 Å². The Hall–Kier alpha value is -1.69. The monoisotopic (exact) mass is 338 g/mol. The van der Waals surface area contributed by atoms with Gasteiger partial charge in [-0.25, -0.2) is 0 Å². The van der Waals surface area contributed by atoms with E-state index in [1.165, 1.54) is 0 Å². The number of hydrogen-bond acceptors (Lipinski definition) is 4. The molecule has 0 spiro atoms. The number of thioether (sulfide) groups is 1. The molecule has 7 heteroatoms. The topological polar surface area (TPSA) is 68.6 Å². The molecule has 1 aromatic heterocycles. The van der Waals surface area contributed by atoms with Crippen LogP contribution < -0.4 is 5.73 Å². The Kier molecular flexibility index (Phi) is 3.80. The number of carbonyl (C=O) groups excluding carboxylic acids is 1. The number of benzene rings is 1. The van der Waals surface area contributed by atoms with E-state index in [9.17, 15) is 4.79 Å². The van der Waals surface area contributed by atoms with E-state index in [1.807, 2.05) is 6.07 Å². The molecule has 4 nitrogen and oxygen atoms in total. The number of amides is 1. The molecular formula is C14H8Cl2N2O2S. The van der Waals surface area contributed by atoms with Crippen LogP contribution in [0.2, 0.25) is 10.0 Å². The minimum Gasteiger partial charge on any atom is -0.457 e. The Morgan fingerprint density at radius 1 is 1.24 bits per heavy atom. The molecule has 0 saturated heterocycles. The molecule has 0 fully saturated rings. The standard InChI is InChI=1S/C14H8Cl2N2O2S/c15-9-3-1-2-8(12(9)16)10-5-4-7(20-10)6-11-13(17)18-14(19)21-11/h1-6H,(H2,17,18,19). The van der Waals surface area contributed by atoms with Crippen LogP contribution in [0.25, 0.3) is 17.4 Å². The predicted molar refractivity (Wildman–Crippen MR) is 86.8 cm³/mol. The summed E-state index contributed by atoms with van der Waals surface area (Å²) < 4.78 is 5.70. The maximum atomic E-state index is 11.2. The average Bonchev–Trinajstić information content (AvgIpc) is 3.01. The molecule has 1 aliphatic heterocycles. The molecule has 1 amide bonds. The summed E-state index contributed by atoms with van der Waals surface area (Å²) >= 11 is 13.1. The fourth-order valence-corrected chi connectivity index (χ4v) is 2.88. The fraction of sp³-hybridized carbons (Fsp3) is 0. The number of rotatable bonds is 2. The molecule has 0 atom stereocenters. The average molecular weight is 339 g/mol. The Morgan fingerprint density at radius 2 is 2.05 bits per heavy atom. The zero-order chi connectivity index (χ0) is 15.0. The Morgan fingerprint density at radius 3 is 2.76 bits per heavy atom. The molecule has 2 N–H and O–H groups in total. The van der Waals surface area contributed by atoms with Gasteiger partial charge in [0.05, 0.1) is 15.0 Å². The maximum absolute atomic E-state index is 11.2. The normalized spacial score (nSPS) is 16.6. The van der Waals surface area contributed by atoms with E-state index in [0.29, 0.717) is 32.0 Å². The van der Waals surface area contributed by atoms with Crippen molar-refractivity contribution >= 4 is 52.1 Å². The van der Waals surface area contributed by atoms with Gasteiger partial charge in [-0.15, -0.1) is 0 Å². The molecule has 2 aromatic rings. The van der Waals surface area contributed by atoms with Gasteiger partial charge in [-0.3, -0.25) is 4.79 Å². The third-order valence-electron chi connectivity index (χ3n) is 2.78. The zero-order valence-electron chi connectivity index (χ0n) is 10.5. The van der Waals surface area contributed by atoms with Crippen molar-refractivity contribution in [2.75, 3.05) is 0 Å². The molecule has 0 unspecified atom stereocenters. The minimum atomic E-state index is -0.330. The first-order chi connectivity index (χ1) is 10.0. The van der Waals surface area contributed by atoms with Crippen molar-refractivity contribution in [2.24, 2.45) is 10.7 Å². The summed E-state index contributed by atoms with van der Waals surface area (Å²) in [6.07, 6.45) is 1.66. The smallest absolute Gasteiger partial charge is 0.311 e. The highest BCUT2D eigenvalue weighted by Crippen LogP contribution is 2.35. The molecule has 106 valence electrons. The van der Waals surface area contributed by atoms with Crippen molar-refractivity contribution in [3.8, 4) is 11.3 Å². The first kappa shape index (κ1) is 14.3. The second-order valence-corrected chi connectivity index (χ2v) is 5.96. The number of nitrogens with two attached hydrogens (primary N) is 1. The Bertz CT molecular complexity index is 796. The summed E-state index contributed by atoms with van der Waals surface area (Å²) in [5, 5.41) is 0.557. The van der Waals surface area contributed by atoms with Crippen molar-refractivity contribution < 1.29 is 9.21 Å². The van der Waals surface area contributed by atoms with Gasteiger partial charge in [0.25, 0.3) is 0 Å². The zero-order valence-corrected chi connectivity index (χ0v) is 12.8. The van der Waals surface area contributed by atoms with Crippen LogP contribution in [-0.4, -0.2) is 11.1 Å². The quantitative estimate of drug-likeness (QED) is 0.852. The van der Waals surface area contributed by atoms with Crippen LogP contribution in [0.3, 0.4) is 0 Å². The van der Waals surface area contributed by atoms with Crippen molar-refractivity contribution in [1.82, 2.24) is 0 Å². The van der Waals surface area contributed by atoms with Gasteiger partial charge in [-0.1, -0.05) is 29.3 Å². The molecule has 1 aliphatic rings. The molecule has 1 aromatic carbocycles. The van der Waals surface area contributed by atoms with E-state index >= 15 is 0 Å². The van der Waals surface area contributed by atoms with Crippen LogP contribution in [0.1, 0.15) is 5.76 Å². The molecular weight excluding hydrogens is 331 g/mol. The van der Waals surface area contributed by atoms with Crippen LogP contribution in [-0.2, 0) is 0 Å². The highest BCUT2D eigenvalue weighted by atomic mass is 35.5. The number of aliphatic imine (C=N–C) groups is 1. The summed E-state index contributed by atoms with van der Waals surface area (Å²) in [5.74, 6) is 1.33. The van der Waals surface area contributed by atoms with E-state index in [-0.39, 0.29) is 11.1 Å². The van der Waals surface area contributed by atoms with Gasteiger partial charge in [0.2, 0.25) is 0 Å². The SMILES string of the molecule is NC1=NC(=O)SC1=Cc1ccc(-c2cccc(Cl)c2Cl)o1. The van der Waals surface area contributed by atoms with E-state index in [1.54, 1.807) is 30.3 Å². The second-order valence-electron chi connectivity index (χ2n) is 4.18. The van der Waals surface area contributed by atoms with Gasteiger partial charge < -0.3 is 10.2 Å². The van der Waals surface area contributed by atoms with Crippen molar-refractivity contribution in [2.45, 2.75) is 0 Å². The molecule has 2 heterocycles. The fourth-order valence-electron chi connectivity index (χ4n) is 1.82. The number of amidine groups is 1. The number of furan rings is 1.